The lowest BCUT2D eigenvalue weighted by Crippen LogP contribution is -2.47. The molecule has 0 spiro atoms. The maximum atomic E-state index is 9.27. The van der Waals surface area contributed by atoms with E-state index >= 15 is 0 Å². The van der Waals surface area contributed by atoms with Gasteiger partial charge in [-0.1, -0.05) is 56.3 Å². The molecule has 0 unspecified atom stereocenters. The molecule has 1 aromatic rings. The fraction of sp³-hybridized carbons (Fsp3) is 0.684. The van der Waals surface area contributed by atoms with Crippen LogP contribution in [0.15, 0.2) is 23.3 Å². The summed E-state index contributed by atoms with van der Waals surface area (Å²) >= 11 is 0. The summed E-state index contributed by atoms with van der Waals surface area (Å²) in [6.07, 6.45) is 9.36. The average molecular weight is 348 g/mol. The smallest absolute Gasteiger partial charge is 0.0633 e. The summed E-state index contributed by atoms with van der Waals surface area (Å²) in [5.74, 6) is 0. The van der Waals surface area contributed by atoms with Gasteiger partial charge in [-0.2, -0.15) is 0 Å². The average Bonchev–Trinajstić information content (AvgIpc) is 2.64. The van der Waals surface area contributed by atoms with Crippen molar-refractivity contribution in [3.8, 4) is 0 Å². The maximum Gasteiger partial charge on any atom is 0.0633 e. The zero-order valence-electron chi connectivity index (χ0n) is 15.3. The summed E-state index contributed by atoms with van der Waals surface area (Å²) in [5.41, 5.74) is 16.5. The monoisotopic (exact) mass is 348 g/mol. The van der Waals surface area contributed by atoms with E-state index in [-0.39, 0.29) is 13.2 Å². The van der Waals surface area contributed by atoms with Crippen LogP contribution in [-0.2, 0) is 12.8 Å². The van der Waals surface area contributed by atoms with Crippen LogP contribution in [0.4, 0.5) is 5.69 Å². The third-order valence-corrected chi connectivity index (χ3v) is 4.64. The van der Waals surface area contributed by atoms with Crippen LogP contribution < -0.4 is 5.73 Å². The van der Waals surface area contributed by atoms with Crippen LogP contribution in [0.25, 0.3) is 10.4 Å². The molecule has 0 fully saturated rings. The molecule has 0 aliphatic heterocycles. The number of hydrogen-bond donors (Lipinski definition) is 3. The van der Waals surface area contributed by atoms with Gasteiger partial charge in [0.15, 0.2) is 0 Å². The number of aliphatic hydroxyl groups excluding tert-OH is 2. The first-order valence-electron chi connectivity index (χ1n) is 9.26. The Morgan fingerprint density at radius 3 is 2.40 bits per heavy atom. The summed E-state index contributed by atoms with van der Waals surface area (Å²) in [5, 5.41) is 22.4. The number of hydrogen-bond acceptors (Lipinski definition) is 4. The van der Waals surface area contributed by atoms with Gasteiger partial charge in [0.1, 0.15) is 0 Å². The largest absolute Gasteiger partial charge is 0.394 e. The van der Waals surface area contributed by atoms with Crippen LogP contribution in [0.2, 0.25) is 0 Å². The summed E-state index contributed by atoms with van der Waals surface area (Å²) < 4.78 is 0. The standard InChI is InChI=1S/C19H32N4O2/c1-2-3-4-5-6-7-8-17-10-9-16(13-18(17)22-23-21)11-12-19(20,14-24)15-25/h9-10,13,24-25H,2-8,11-12,14-15,20H2,1H3. The van der Waals surface area contributed by atoms with Crippen LogP contribution in [0.3, 0.4) is 0 Å². The molecule has 0 amide bonds. The Morgan fingerprint density at radius 2 is 1.76 bits per heavy atom. The number of benzene rings is 1. The summed E-state index contributed by atoms with van der Waals surface area (Å²) in [6.45, 7) is 1.69. The van der Waals surface area contributed by atoms with E-state index in [0.29, 0.717) is 18.5 Å². The Morgan fingerprint density at radius 1 is 1.08 bits per heavy atom. The predicted octanol–water partition coefficient (Wildman–Crippen LogP) is 4.15. The summed E-state index contributed by atoms with van der Waals surface area (Å²) in [4.78, 5) is 2.94. The van der Waals surface area contributed by atoms with Gasteiger partial charge in [-0.3, -0.25) is 0 Å². The minimum atomic E-state index is -0.976. The molecule has 6 nitrogen and oxygen atoms in total. The zero-order valence-corrected chi connectivity index (χ0v) is 15.3. The molecular weight excluding hydrogens is 316 g/mol. The number of nitrogens with zero attached hydrogens (tertiary/aromatic N) is 3. The first-order valence-corrected chi connectivity index (χ1v) is 9.26. The molecule has 0 radical (unpaired) electrons. The maximum absolute atomic E-state index is 9.27. The first-order chi connectivity index (χ1) is 12.1. The van der Waals surface area contributed by atoms with Crippen LogP contribution in [0.1, 0.15) is 63.0 Å². The van der Waals surface area contributed by atoms with Crippen molar-refractivity contribution in [2.24, 2.45) is 10.8 Å². The molecule has 25 heavy (non-hydrogen) atoms. The molecule has 140 valence electrons. The molecule has 0 saturated heterocycles. The van der Waals surface area contributed by atoms with Gasteiger partial charge >= 0.3 is 0 Å². The van der Waals surface area contributed by atoms with E-state index in [2.05, 4.69) is 16.9 Å². The van der Waals surface area contributed by atoms with E-state index in [1.165, 1.54) is 32.1 Å². The number of aryl methyl sites for hydroxylation is 2. The molecule has 1 rings (SSSR count). The van der Waals surface area contributed by atoms with Gasteiger partial charge in [0.2, 0.25) is 0 Å². The summed E-state index contributed by atoms with van der Waals surface area (Å²) in [7, 11) is 0. The molecule has 4 N–H and O–H groups in total. The highest BCUT2D eigenvalue weighted by molar-refractivity contribution is 5.48. The number of aliphatic hydroxyl groups is 2. The van der Waals surface area contributed by atoms with Gasteiger partial charge < -0.3 is 15.9 Å². The van der Waals surface area contributed by atoms with Crippen LogP contribution in [0, 0.1) is 0 Å². The second kappa shape index (κ2) is 11.9. The van der Waals surface area contributed by atoms with Gasteiger partial charge in [-0.05, 0) is 48.4 Å². The van der Waals surface area contributed by atoms with Gasteiger partial charge in [-0.25, -0.2) is 0 Å². The minimum Gasteiger partial charge on any atom is -0.394 e. The van der Waals surface area contributed by atoms with Crippen molar-refractivity contribution in [2.45, 2.75) is 70.3 Å². The number of unbranched alkanes of at least 4 members (excludes halogenated alkanes) is 5. The van der Waals surface area contributed by atoms with Crippen LogP contribution in [0.5, 0.6) is 0 Å². The van der Waals surface area contributed by atoms with Crippen molar-refractivity contribution in [3.05, 3.63) is 39.8 Å². The lowest BCUT2D eigenvalue weighted by molar-refractivity contribution is 0.115. The highest BCUT2D eigenvalue weighted by Crippen LogP contribution is 2.25. The van der Waals surface area contributed by atoms with Crippen molar-refractivity contribution < 1.29 is 10.2 Å². The molecule has 0 aliphatic rings. The Hall–Kier alpha value is -1.59. The second-order valence-electron chi connectivity index (χ2n) is 6.85. The van der Waals surface area contributed by atoms with E-state index in [4.69, 9.17) is 11.3 Å². The fourth-order valence-electron chi connectivity index (χ4n) is 2.81. The zero-order chi connectivity index (χ0) is 18.5. The highest BCUT2D eigenvalue weighted by atomic mass is 16.3. The first kappa shape index (κ1) is 21.5. The highest BCUT2D eigenvalue weighted by Gasteiger charge is 2.22. The summed E-state index contributed by atoms with van der Waals surface area (Å²) in [6, 6.07) is 5.92. The lowest BCUT2D eigenvalue weighted by atomic mass is 9.93. The number of rotatable bonds is 13. The normalized spacial score (nSPS) is 11.4. The topological polar surface area (TPSA) is 115 Å². The quantitative estimate of drug-likeness (QED) is 0.215. The third-order valence-electron chi connectivity index (χ3n) is 4.64. The fourth-order valence-corrected chi connectivity index (χ4v) is 2.81. The minimum absolute atomic E-state index is 0.261. The van der Waals surface area contributed by atoms with Gasteiger partial charge in [-0.15, -0.1) is 0 Å². The van der Waals surface area contributed by atoms with Gasteiger partial charge in [0.25, 0.3) is 0 Å². The van der Waals surface area contributed by atoms with Crippen molar-refractivity contribution in [3.63, 3.8) is 0 Å². The molecular formula is C19H32N4O2. The van der Waals surface area contributed by atoms with Crippen molar-refractivity contribution in [2.75, 3.05) is 13.2 Å². The molecule has 0 aliphatic carbocycles. The second-order valence-corrected chi connectivity index (χ2v) is 6.85. The van der Waals surface area contributed by atoms with E-state index in [1.54, 1.807) is 0 Å². The molecule has 0 atom stereocenters. The lowest BCUT2D eigenvalue weighted by Gasteiger charge is -2.24. The molecule has 0 bridgehead atoms. The number of nitrogens with two attached hydrogens (primary N) is 1. The Bertz CT molecular complexity index is 552. The molecule has 0 aromatic heterocycles. The molecule has 1 aromatic carbocycles. The van der Waals surface area contributed by atoms with Crippen LogP contribution in [-0.4, -0.2) is 29.0 Å². The number of azide groups is 1. The predicted molar refractivity (Wildman–Crippen MR) is 102 cm³/mol. The molecule has 0 heterocycles. The van der Waals surface area contributed by atoms with E-state index < -0.39 is 5.54 Å². The van der Waals surface area contributed by atoms with E-state index in [9.17, 15) is 10.2 Å². The molecule has 0 saturated carbocycles. The van der Waals surface area contributed by atoms with Crippen molar-refractivity contribution in [1.82, 2.24) is 0 Å². The van der Waals surface area contributed by atoms with E-state index in [0.717, 1.165) is 24.0 Å². The van der Waals surface area contributed by atoms with Crippen molar-refractivity contribution >= 4 is 5.69 Å². The van der Waals surface area contributed by atoms with E-state index in [1.807, 2.05) is 18.2 Å². The SMILES string of the molecule is CCCCCCCCc1ccc(CCC(N)(CO)CO)cc1N=[N+]=[N-]. The molecule has 6 heteroatoms. The Kier molecular flexibility index (Phi) is 10.2. The Labute approximate surface area is 150 Å². The van der Waals surface area contributed by atoms with Gasteiger partial charge in [0, 0.05) is 10.6 Å². The van der Waals surface area contributed by atoms with Crippen molar-refractivity contribution in [1.29, 1.82) is 0 Å². The van der Waals surface area contributed by atoms with Crippen LogP contribution >= 0.6 is 0 Å². The Balaban J connectivity index is 2.64. The van der Waals surface area contributed by atoms with Gasteiger partial charge in [0.05, 0.1) is 18.8 Å². The third kappa shape index (κ3) is 7.88.